The van der Waals surface area contributed by atoms with E-state index in [0.29, 0.717) is 10.9 Å². The Kier molecular flexibility index (Phi) is 5.49. The molecule has 1 aliphatic rings. The van der Waals surface area contributed by atoms with E-state index in [4.69, 9.17) is 4.74 Å². The largest absolute Gasteiger partial charge is 0.508 e. The summed E-state index contributed by atoms with van der Waals surface area (Å²) in [5.41, 5.74) is 0.857. The number of aromatic hydroxyl groups is 1. The van der Waals surface area contributed by atoms with Crippen molar-refractivity contribution in [2.24, 2.45) is 5.92 Å². The SMILES string of the molecule is Cc1cc(O)cc2c1c(OC(=O)c1cccnc1)nn2C(=O)N1CCC(C(F)(F)F)CC1. The molecule has 0 aliphatic carbocycles. The van der Waals surface area contributed by atoms with Crippen molar-refractivity contribution in [3.05, 3.63) is 47.8 Å². The highest BCUT2D eigenvalue weighted by atomic mass is 19.4. The number of fused-ring (bicyclic) bond motifs is 1. The van der Waals surface area contributed by atoms with Gasteiger partial charge >= 0.3 is 18.2 Å². The Morgan fingerprint density at radius 3 is 2.56 bits per heavy atom. The molecule has 0 atom stereocenters. The first-order valence-corrected chi connectivity index (χ1v) is 9.85. The molecule has 1 saturated heterocycles. The molecule has 4 rings (SSSR count). The zero-order valence-electron chi connectivity index (χ0n) is 17.0. The van der Waals surface area contributed by atoms with Gasteiger partial charge in [0.25, 0.3) is 5.88 Å². The molecular weight excluding hydrogens is 429 g/mol. The Labute approximate surface area is 180 Å². The number of halogens is 3. The number of esters is 1. The van der Waals surface area contributed by atoms with Gasteiger partial charge in [0.15, 0.2) is 0 Å². The zero-order chi connectivity index (χ0) is 23.0. The van der Waals surface area contributed by atoms with Gasteiger partial charge in [-0.1, -0.05) is 0 Å². The van der Waals surface area contributed by atoms with E-state index in [1.165, 1.54) is 35.5 Å². The highest BCUT2D eigenvalue weighted by Crippen LogP contribution is 2.35. The van der Waals surface area contributed by atoms with Crippen molar-refractivity contribution in [3.63, 3.8) is 0 Å². The van der Waals surface area contributed by atoms with Crippen molar-refractivity contribution < 1.29 is 32.6 Å². The number of phenols is 1. The summed E-state index contributed by atoms with van der Waals surface area (Å²) >= 11 is 0. The lowest BCUT2D eigenvalue weighted by Crippen LogP contribution is -2.44. The van der Waals surface area contributed by atoms with Gasteiger partial charge in [-0.3, -0.25) is 4.98 Å². The Morgan fingerprint density at radius 1 is 1.22 bits per heavy atom. The van der Waals surface area contributed by atoms with Crippen LogP contribution in [0.1, 0.15) is 28.8 Å². The molecule has 0 bridgehead atoms. The monoisotopic (exact) mass is 448 g/mol. The minimum atomic E-state index is -4.30. The summed E-state index contributed by atoms with van der Waals surface area (Å²) in [6.07, 6.45) is -1.90. The Balaban J connectivity index is 1.66. The molecule has 168 valence electrons. The lowest BCUT2D eigenvalue weighted by molar-refractivity contribution is -0.183. The summed E-state index contributed by atoms with van der Waals surface area (Å²) in [5.74, 6) is -2.48. The van der Waals surface area contributed by atoms with Crippen LogP contribution in [0.5, 0.6) is 11.6 Å². The molecule has 0 unspecified atom stereocenters. The summed E-state index contributed by atoms with van der Waals surface area (Å²) < 4.78 is 45.2. The topological polar surface area (TPSA) is 97.5 Å². The van der Waals surface area contributed by atoms with Crippen LogP contribution in [0.3, 0.4) is 0 Å². The molecule has 1 amide bonds. The number of hydrogen-bond acceptors (Lipinski definition) is 6. The molecule has 2 aromatic heterocycles. The number of piperidine rings is 1. The molecule has 1 fully saturated rings. The second kappa shape index (κ2) is 8.13. The van der Waals surface area contributed by atoms with Gasteiger partial charge in [-0.15, -0.1) is 5.10 Å². The third-order valence-electron chi connectivity index (χ3n) is 5.43. The van der Waals surface area contributed by atoms with Gasteiger partial charge < -0.3 is 14.7 Å². The first-order valence-electron chi connectivity index (χ1n) is 9.85. The number of ether oxygens (including phenoxy) is 1. The van der Waals surface area contributed by atoms with E-state index in [1.54, 1.807) is 13.0 Å². The molecule has 3 aromatic rings. The number of phenolic OH excluding ortho intramolecular Hbond substituents is 1. The number of amides is 1. The van der Waals surface area contributed by atoms with E-state index in [0.717, 1.165) is 4.68 Å². The predicted molar refractivity (Wildman–Crippen MR) is 106 cm³/mol. The fourth-order valence-electron chi connectivity index (χ4n) is 3.77. The lowest BCUT2D eigenvalue weighted by atomic mass is 9.96. The quantitative estimate of drug-likeness (QED) is 0.597. The fraction of sp³-hybridized carbons (Fsp3) is 0.333. The number of hydrogen-bond donors (Lipinski definition) is 1. The summed E-state index contributed by atoms with van der Waals surface area (Å²) in [7, 11) is 0. The number of aryl methyl sites for hydroxylation is 1. The van der Waals surface area contributed by atoms with Crippen LogP contribution in [0.2, 0.25) is 0 Å². The Bertz CT molecular complexity index is 1170. The van der Waals surface area contributed by atoms with Crippen molar-refractivity contribution >= 4 is 22.9 Å². The molecule has 0 saturated carbocycles. The Morgan fingerprint density at radius 2 is 1.94 bits per heavy atom. The number of pyridine rings is 1. The van der Waals surface area contributed by atoms with E-state index >= 15 is 0 Å². The molecule has 0 spiro atoms. The van der Waals surface area contributed by atoms with Gasteiger partial charge in [-0.2, -0.15) is 17.9 Å². The zero-order valence-corrected chi connectivity index (χ0v) is 17.0. The third-order valence-corrected chi connectivity index (χ3v) is 5.43. The van der Waals surface area contributed by atoms with Gasteiger partial charge in [-0.25, -0.2) is 9.59 Å². The molecule has 11 heteroatoms. The second-order valence-electron chi connectivity index (χ2n) is 7.59. The van der Waals surface area contributed by atoms with Crippen LogP contribution in [0, 0.1) is 12.8 Å². The van der Waals surface area contributed by atoms with Gasteiger partial charge in [-0.05, 0) is 43.5 Å². The average Bonchev–Trinajstić information content (AvgIpc) is 3.11. The summed E-state index contributed by atoms with van der Waals surface area (Å²) in [4.78, 5) is 30.7. The molecule has 1 aliphatic heterocycles. The summed E-state index contributed by atoms with van der Waals surface area (Å²) in [6.45, 7) is 1.47. The van der Waals surface area contributed by atoms with Crippen LogP contribution in [0.25, 0.3) is 10.9 Å². The first-order chi connectivity index (χ1) is 15.1. The minimum absolute atomic E-state index is 0.0903. The van der Waals surface area contributed by atoms with Crippen LogP contribution in [0.15, 0.2) is 36.7 Å². The first kappa shape index (κ1) is 21.6. The average molecular weight is 448 g/mol. The van der Waals surface area contributed by atoms with E-state index in [9.17, 15) is 27.9 Å². The number of aromatic nitrogens is 3. The standard InChI is InChI=1S/C21H19F3N4O4/c1-12-9-15(29)10-16-17(12)18(32-19(30)13-3-2-6-25-11-13)26-28(16)20(31)27-7-4-14(5-8-27)21(22,23)24/h2-3,6,9-11,14,29H,4-5,7-8H2,1H3. The molecular formula is C21H19F3N4O4. The van der Waals surface area contributed by atoms with Crippen molar-refractivity contribution in [2.75, 3.05) is 13.1 Å². The van der Waals surface area contributed by atoms with Crippen LogP contribution in [-0.2, 0) is 0 Å². The van der Waals surface area contributed by atoms with Gasteiger partial charge in [0.05, 0.1) is 22.4 Å². The number of likely N-dealkylation sites (tertiary alicyclic amines) is 1. The number of carbonyl (C=O) groups excluding carboxylic acids is 2. The minimum Gasteiger partial charge on any atom is -0.508 e. The second-order valence-corrected chi connectivity index (χ2v) is 7.59. The molecule has 0 radical (unpaired) electrons. The molecule has 8 nitrogen and oxygen atoms in total. The smallest absolute Gasteiger partial charge is 0.391 e. The molecule has 1 aromatic carbocycles. The maximum atomic E-state index is 13.1. The third kappa shape index (κ3) is 4.10. The number of benzene rings is 1. The normalized spacial score (nSPS) is 15.2. The van der Waals surface area contributed by atoms with Crippen LogP contribution in [-0.4, -0.2) is 56.0 Å². The summed E-state index contributed by atoms with van der Waals surface area (Å²) in [5, 5.41) is 14.5. The molecule has 32 heavy (non-hydrogen) atoms. The maximum Gasteiger partial charge on any atom is 0.391 e. The predicted octanol–water partition coefficient (Wildman–Crippen LogP) is 3.91. The number of carbonyl (C=O) groups is 2. The van der Waals surface area contributed by atoms with Gasteiger partial charge in [0.2, 0.25) is 0 Å². The van der Waals surface area contributed by atoms with Crippen molar-refractivity contribution in [1.82, 2.24) is 19.7 Å². The highest BCUT2D eigenvalue weighted by molar-refractivity contribution is 5.98. The van der Waals surface area contributed by atoms with Gasteiger partial charge in [0.1, 0.15) is 5.75 Å². The van der Waals surface area contributed by atoms with Gasteiger partial charge in [0, 0.05) is 31.5 Å². The number of rotatable bonds is 2. The van der Waals surface area contributed by atoms with E-state index in [-0.39, 0.29) is 48.6 Å². The van der Waals surface area contributed by atoms with Crippen LogP contribution >= 0.6 is 0 Å². The number of alkyl halides is 3. The van der Waals surface area contributed by atoms with Crippen molar-refractivity contribution in [2.45, 2.75) is 25.9 Å². The van der Waals surface area contributed by atoms with Crippen LogP contribution in [0.4, 0.5) is 18.0 Å². The lowest BCUT2D eigenvalue weighted by Gasteiger charge is -2.32. The maximum absolute atomic E-state index is 13.1. The Hall–Kier alpha value is -3.63. The summed E-state index contributed by atoms with van der Waals surface area (Å²) in [6, 6.07) is 5.12. The van der Waals surface area contributed by atoms with E-state index < -0.39 is 24.1 Å². The van der Waals surface area contributed by atoms with Crippen molar-refractivity contribution in [3.8, 4) is 11.6 Å². The van der Waals surface area contributed by atoms with Crippen LogP contribution < -0.4 is 4.74 Å². The molecule has 3 heterocycles. The fourth-order valence-corrected chi connectivity index (χ4v) is 3.77. The van der Waals surface area contributed by atoms with E-state index in [2.05, 4.69) is 10.1 Å². The highest BCUT2D eigenvalue weighted by Gasteiger charge is 2.42. The van der Waals surface area contributed by atoms with Crippen molar-refractivity contribution in [1.29, 1.82) is 0 Å². The molecule has 1 N–H and O–H groups in total. The number of nitrogens with zero attached hydrogens (tertiary/aromatic N) is 4. The van der Waals surface area contributed by atoms with E-state index in [1.807, 2.05) is 0 Å².